The number of aldehydes is 1. The van der Waals surface area contributed by atoms with E-state index in [0.717, 1.165) is 28.4 Å². The molecule has 0 bridgehead atoms. The Morgan fingerprint density at radius 3 is 2.67 bits per heavy atom. The molecule has 1 heterocycles. The van der Waals surface area contributed by atoms with Gasteiger partial charge in [-0.15, -0.1) is 0 Å². The average molecular weight is 220 g/mol. The van der Waals surface area contributed by atoms with Crippen molar-refractivity contribution in [2.75, 3.05) is 0 Å². The quantitative estimate of drug-likeness (QED) is 0.689. The first-order valence-electron chi connectivity index (χ1n) is 4.64. The summed E-state index contributed by atoms with van der Waals surface area (Å²) in [5, 5.41) is 1.57. The molecule has 0 atom stereocenters. The van der Waals surface area contributed by atoms with Crippen LogP contribution >= 0.6 is 11.6 Å². The van der Waals surface area contributed by atoms with Gasteiger partial charge in [-0.05, 0) is 37.6 Å². The zero-order chi connectivity index (χ0) is 11.0. The van der Waals surface area contributed by atoms with Gasteiger partial charge in [0.1, 0.15) is 6.29 Å². The van der Waals surface area contributed by atoms with Crippen LogP contribution < -0.4 is 0 Å². The molecule has 0 fully saturated rings. The van der Waals surface area contributed by atoms with Gasteiger partial charge in [-0.1, -0.05) is 11.6 Å². The molecule has 0 unspecified atom stereocenters. The molecule has 1 aromatic heterocycles. The van der Waals surface area contributed by atoms with Crippen LogP contribution in [0.2, 0.25) is 5.02 Å². The van der Waals surface area contributed by atoms with E-state index in [1.807, 2.05) is 26.0 Å². The molecule has 15 heavy (non-hydrogen) atoms. The molecule has 0 aliphatic rings. The standard InChI is InChI=1S/C12H10ClNO/c1-7-3-10-11(13)4-8(2)14-12(10)5-9(7)6-15/h3-6H,1-2H3. The molecule has 2 rings (SSSR count). The summed E-state index contributed by atoms with van der Waals surface area (Å²) in [4.78, 5) is 15.1. The number of hydrogen-bond donors (Lipinski definition) is 0. The average Bonchev–Trinajstić information content (AvgIpc) is 2.18. The first-order valence-corrected chi connectivity index (χ1v) is 5.02. The molecule has 0 N–H and O–H groups in total. The van der Waals surface area contributed by atoms with E-state index in [4.69, 9.17) is 11.6 Å². The van der Waals surface area contributed by atoms with Gasteiger partial charge in [0.25, 0.3) is 0 Å². The number of nitrogens with zero attached hydrogens (tertiary/aromatic N) is 1. The summed E-state index contributed by atoms with van der Waals surface area (Å²) in [7, 11) is 0. The lowest BCUT2D eigenvalue weighted by Gasteiger charge is -2.05. The number of aromatic nitrogens is 1. The van der Waals surface area contributed by atoms with Crippen molar-refractivity contribution in [2.24, 2.45) is 0 Å². The van der Waals surface area contributed by atoms with Gasteiger partial charge < -0.3 is 0 Å². The number of rotatable bonds is 1. The second-order valence-corrected chi connectivity index (χ2v) is 4.00. The van der Waals surface area contributed by atoms with Gasteiger partial charge in [-0.25, -0.2) is 0 Å². The normalized spacial score (nSPS) is 10.6. The Hall–Kier alpha value is -1.41. The minimum Gasteiger partial charge on any atom is -0.298 e. The van der Waals surface area contributed by atoms with Crippen LogP contribution in [-0.4, -0.2) is 11.3 Å². The maximum absolute atomic E-state index is 10.8. The second kappa shape index (κ2) is 3.63. The summed E-state index contributed by atoms with van der Waals surface area (Å²) in [6.45, 7) is 3.77. The Balaban J connectivity index is 2.87. The van der Waals surface area contributed by atoms with E-state index in [0.29, 0.717) is 10.6 Å². The summed E-state index contributed by atoms with van der Waals surface area (Å²) in [6.07, 6.45) is 0.840. The molecule has 0 saturated carbocycles. The van der Waals surface area contributed by atoms with Crippen LogP contribution in [0.4, 0.5) is 0 Å². The lowest BCUT2D eigenvalue weighted by molar-refractivity contribution is 0.112. The van der Waals surface area contributed by atoms with Crippen molar-refractivity contribution in [1.82, 2.24) is 4.98 Å². The third-order valence-corrected chi connectivity index (χ3v) is 2.71. The molecule has 2 aromatic rings. The van der Waals surface area contributed by atoms with Crippen molar-refractivity contribution in [3.05, 3.63) is 40.0 Å². The van der Waals surface area contributed by atoms with Gasteiger partial charge in [0.2, 0.25) is 0 Å². The van der Waals surface area contributed by atoms with Crippen molar-refractivity contribution in [3.63, 3.8) is 0 Å². The fraction of sp³-hybridized carbons (Fsp3) is 0.167. The molecule has 0 spiro atoms. The zero-order valence-electron chi connectivity index (χ0n) is 8.54. The van der Waals surface area contributed by atoms with Crippen LogP contribution in [0.5, 0.6) is 0 Å². The smallest absolute Gasteiger partial charge is 0.150 e. The van der Waals surface area contributed by atoms with E-state index in [1.165, 1.54) is 0 Å². The van der Waals surface area contributed by atoms with Crippen molar-refractivity contribution in [1.29, 1.82) is 0 Å². The van der Waals surface area contributed by atoms with Gasteiger partial charge in [-0.3, -0.25) is 9.78 Å². The summed E-state index contributed by atoms with van der Waals surface area (Å²) in [6, 6.07) is 5.49. The van der Waals surface area contributed by atoms with Gasteiger partial charge in [0.05, 0.1) is 10.5 Å². The first-order chi connectivity index (χ1) is 7.11. The zero-order valence-corrected chi connectivity index (χ0v) is 9.30. The lowest BCUT2D eigenvalue weighted by Crippen LogP contribution is -1.91. The number of carbonyl (C=O) groups excluding carboxylic acids is 1. The van der Waals surface area contributed by atoms with Gasteiger partial charge in [-0.2, -0.15) is 0 Å². The van der Waals surface area contributed by atoms with Gasteiger partial charge in [0.15, 0.2) is 0 Å². The number of pyridine rings is 1. The Bertz CT molecular complexity index is 549. The summed E-state index contributed by atoms with van der Waals surface area (Å²) < 4.78 is 0. The number of aryl methyl sites for hydroxylation is 2. The Morgan fingerprint density at radius 2 is 2.00 bits per heavy atom. The Labute approximate surface area is 92.9 Å². The Kier molecular flexibility index (Phi) is 2.45. The molecule has 0 radical (unpaired) electrons. The third-order valence-electron chi connectivity index (χ3n) is 2.40. The molecule has 0 saturated heterocycles. The molecule has 3 heteroatoms. The topological polar surface area (TPSA) is 30.0 Å². The van der Waals surface area contributed by atoms with Crippen LogP contribution in [0.3, 0.4) is 0 Å². The minimum absolute atomic E-state index is 0.664. The number of hydrogen-bond acceptors (Lipinski definition) is 2. The molecular formula is C12H10ClNO. The summed E-state index contributed by atoms with van der Waals surface area (Å²) >= 11 is 6.10. The highest BCUT2D eigenvalue weighted by atomic mass is 35.5. The lowest BCUT2D eigenvalue weighted by atomic mass is 10.1. The molecular weight excluding hydrogens is 210 g/mol. The second-order valence-electron chi connectivity index (χ2n) is 3.59. The fourth-order valence-electron chi connectivity index (χ4n) is 1.61. The maximum Gasteiger partial charge on any atom is 0.150 e. The predicted molar refractivity (Wildman–Crippen MR) is 61.6 cm³/mol. The molecule has 76 valence electrons. The van der Waals surface area contributed by atoms with Crippen molar-refractivity contribution in [2.45, 2.75) is 13.8 Å². The number of halogens is 1. The number of carbonyl (C=O) groups is 1. The maximum atomic E-state index is 10.8. The third kappa shape index (κ3) is 1.73. The monoisotopic (exact) mass is 219 g/mol. The first kappa shape index (κ1) is 10.1. The van der Waals surface area contributed by atoms with Crippen molar-refractivity contribution >= 4 is 28.8 Å². The summed E-state index contributed by atoms with van der Waals surface area (Å²) in [5.74, 6) is 0. The largest absolute Gasteiger partial charge is 0.298 e. The SMILES string of the molecule is Cc1cc(Cl)c2cc(C)c(C=O)cc2n1. The summed E-state index contributed by atoms with van der Waals surface area (Å²) in [5.41, 5.74) is 3.21. The fourth-order valence-corrected chi connectivity index (χ4v) is 1.92. The molecule has 1 aromatic carbocycles. The molecule has 0 amide bonds. The Morgan fingerprint density at radius 1 is 1.27 bits per heavy atom. The highest BCUT2D eigenvalue weighted by molar-refractivity contribution is 6.35. The number of benzene rings is 1. The van der Waals surface area contributed by atoms with E-state index < -0.39 is 0 Å². The van der Waals surface area contributed by atoms with E-state index >= 15 is 0 Å². The minimum atomic E-state index is 0.664. The molecule has 2 nitrogen and oxygen atoms in total. The van der Waals surface area contributed by atoms with E-state index in [2.05, 4.69) is 4.98 Å². The van der Waals surface area contributed by atoms with Gasteiger partial charge >= 0.3 is 0 Å². The highest BCUT2D eigenvalue weighted by Gasteiger charge is 2.05. The predicted octanol–water partition coefficient (Wildman–Crippen LogP) is 3.32. The molecule has 0 aliphatic heterocycles. The van der Waals surface area contributed by atoms with Crippen LogP contribution in [0.15, 0.2) is 18.2 Å². The highest BCUT2D eigenvalue weighted by Crippen LogP contribution is 2.25. The van der Waals surface area contributed by atoms with E-state index in [1.54, 1.807) is 6.07 Å². The number of fused-ring (bicyclic) bond motifs is 1. The molecule has 0 aliphatic carbocycles. The van der Waals surface area contributed by atoms with Gasteiger partial charge in [0, 0.05) is 16.6 Å². The van der Waals surface area contributed by atoms with Crippen molar-refractivity contribution in [3.8, 4) is 0 Å². The van der Waals surface area contributed by atoms with Crippen LogP contribution in [0.1, 0.15) is 21.6 Å². The van der Waals surface area contributed by atoms with Crippen LogP contribution in [0.25, 0.3) is 10.9 Å². The van der Waals surface area contributed by atoms with Crippen LogP contribution in [-0.2, 0) is 0 Å². The van der Waals surface area contributed by atoms with Crippen molar-refractivity contribution < 1.29 is 4.79 Å². The van der Waals surface area contributed by atoms with Crippen LogP contribution in [0, 0.1) is 13.8 Å². The van der Waals surface area contributed by atoms with E-state index in [-0.39, 0.29) is 0 Å². The van der Waals surface area contributed by atoms with E-state index in [9.17, 15) is 4.79 Å².